The van der Waals surface area contributed by atoms with Gasteiger partial charge in [-0.3, -0.25) is 4.68 Å². The van der Waals surface area contributed by atoms with Gasteiger partial charge in [0.25, 0.3) is 0 Å². The van der Waals surface area contributed by atoms with Crippen molar-refractivity contribution >= 4 is 11.6 Å². The molecule has 0 fully saturated rings. The van der Waals surface area contributed by atoms with Gasteiger partial charge in [-0.2, -0.15) is 5.10 Å². The fourth-order valence-electron chi connectivity index (χ4n) is 2.01. The molecular formula is C12H22ClN3. The molecule has 1 aromatic heterocycles. The molecule has 0 aliphatic rings. The topological polar surface area (TPSA) is 43.8 Å². The van der Waals surface area contributed by atoms with E-state index in [0.29, 0.717) is 0 Å². The van der Waals surface area contributed by atoms with E-state index in [1.165, 1.54) is 0 Å². The summed E-state index contributed by atoms with van der Waals surface area (Å²) >= 11 is 6.19. The monoisotopic (exact) mass is 243 g/mol. The lowest BCUT2D eigenvalue weighted by Crippen LogP contribution is -2.29. The van der Waals surface area contributed by atoms with Crippen molar-refractivity contribution in [1.29, 1.82) is 0 Å². The third-order valence-corrected chi connectivity index (χ3v) is 3.08. The first-order chi connectivity index (χ1) is 7.20. The number of nitrogens with two attached hydrogens (primary N) is 1. The van der Waals surface area contributed by atoms with Crippen molar-refractivity contribution in [2.75, 3.05) is 0 Å². The van der Waals surface area contributed by atoms with Crippen molar-refractivity contribution in [3.05, 3.63) is 16.4 Å². The Morgan fingerprint density at radius 2 is 2.00 bits per heavy atom. The van der Waals surface area contributed by atoms with Gasteiger partial charge in [-0.15, -0.1) is 0 Å². The quantitative estimate of drug-likeness (QED) is 0.887. The number of rotatable bonds is 3. The van der Waals surface area contributed by atoms with Gasteiger partial charge in [0.05, 0.1) is 16.4 Å². The molecule has 1 atom stereocenters. The zero-order chi connectivity index (χ0) is 12.5. The fourth-order valence-corrected chi connectivity index (χ4v) is 2.25. The summed E-state index contributed by atoms with van der Waals surface area (Å²) in [6.07, 6.45) is 1.76. The molecular weight excluding hydrogens is 222 g/mol. The van der Waals surface area contributed by atoms with E-state index >= 15 is 0 Å². The van der Waals surface area contributed by atoms with Crippen molar-refractivity contribution in [1.82, 2.24) is 9.78 Å². The highest BCUT2D eigenvalue weighted by Gasteiger charge is 2.19. The summed E-state index contributed by atoms with van der Waals surface area (Å²) in [6.45, 7) is 8.51. The SMILES string of the molecule is Cc1nn(C)c(CC(N)CC(C)(C)C)c1Cl. The van der Waals surface area contributed by atoms with Crippen LogP contribution >= 0.6 is 11.6 Å². The molecule has 0 bridgehead atoms. The number of nitrogens with zero attached hydrogens (tertiary/aromatic N) is 2. The molecule has 0 aliphatic heterocycles. The Morgan fingerprint density at radius 3 is 2.38 bits per heavy atom. The molecule has 4 heteroatoms. The summed E-state index contributed by atoms with van der Waals surface area (Å²) in [7, 11) is 1.91. The van der Waals surface area contributed by atoms with Crippen LogP contribution in [-0.4, -0.2) is 15.8 Å². The van der Waals surface area contributed by atoms with Crippen molar-refractivity contribution in [3.63, 3.8) is 0 Å². The molecule has 0 radical (unpaired) electrons. The predicted octanol–water partition coefficient (Wildman–Crippen LogP) is 2.69. The summed E-state index contributed by atoms with van der Waals surface area (Å²) in [5.41, 5.74) is 8.30. The maximum absolute atomic E-state index is 6.19. The van der Waals surface area contributed by atoms with E-state index in [2.05, 4.69) is 25.9 Å². The summed E-state index contributed by atoms with van der Waals surface area (Å²) in [4.78, 5) is 0. The molecule has 1 unspecified atom stereocenters. The number of hydrogen-bond acceptors (Lipinski definition) is 2. The Labute approximate surface area is 103 Å². The maximum Gasteiger partial charge on any atom is 0.0847 e. The van der Waals surface area contributed by atoms with Gasteiger partial charge in [0.15, 0.2) is 0 Å². The summed E-state index contributed by atoms with van der Waals surface area (Å²) in [6, 6.07) is 0.132. The molecule has 2 N–H and O–H groups in total. The first-order valence-electron chi connectivity index (χ1n) is 5.64. The molecule has 3 nitrogen and oxygen atoms in total. The minimum Gasteiger partial charge on any atom is -0.327 e. The normalized spacial score (nSPS) is 14.2. The van der Waals surface area contributed by atoms with Crippen molar-refractivity contribution in [2.45, 2.75) is 46.6 Å². The van der Waals surface area contributed by atoms with E-state index in [-0.39, 0.29) is 11.5 Å². The van der Waals surface area contributed by atoms with Crippen molar-refractivity contribution < 1.29 is 0 Å². The van der Waals surface area contributed by atoms with Crippen LogP contribution in [0.2, 0.25) is 5.02 Å². The highest BCUT2D eigenvalue weighted by Crippen LogP contribution is 2.25. The van der Waals surface area contributed by atoms with E-state index in [9.17, 15) is 0 Å². The molecule has 0 amide bonds. The minimum absolute atomic E-state index is 0.132. The summed E-state index contributed by atoms with van der Waals surface area (Å²) in [5.74, 6) is 0. The van der Waals surface area contributed by atoms with Gasteiger partial charge < -0.3 is 5.73 Å². The summed E-state index contributed by atoms with van der Waals surface area (Å²) in [5, 5.41) is 5.05. The van der Waals surface area contributed by atoms with E-state index < -0.39 is 0 Å². The lowest BCUT2D eigenvalue weighted by molar-refractivity contribution is 0.336. The number of halogens is 1. The highest BCUT2D eigenvalue weighted by atomic mass is 35.5. The fraction of sp³-hybridized carbons (Fsp3) is 0.750. The third kappa shape index (κ3) is 3.49. The van der Waals surface area contributed by atoms with Gasteiger partial charge in [0.2, 0.25) is 0 Å². The average Bonchev–Trinajstić information content (AvgIpc) is 2.29. The molecule has 0 spiro atoms. The van der Waals surface area contributed by atoms with Gasteiger partial charge >= 0.3 is 0 Å². The Hall–Kier alpha value is -0.540. The van der Waals surface area contributed by atoms with E-state index in [1.54, 1.807) is 0 Å². The Bertz CT molecular complexity index is 363. The molecule has 1 aromatic rings. The van der Waals surface area contributed by atoms with E-state index in [0.717, 1.165) is 29.3 Å². The van der Waals surface area contributed by atoms with Crippen LogP contribution in [0.25, 0.3) is 0 Å². The second-order valence-corrected chi connectivity index (χ2v) is 6.08. The van der Waals surface area contributed by atoms with E-state index in [4.69, 9.17) is 17.3 Å². The van der Waals surface area contributed by atoms with Gasteiger partial charge in [-0.25, -0.2) is 0 Å². The predicted molar refractivity (Wildman–Crippen MR) is 68.7 cm³/mol. The largest absolute Gasteiger partial charge is 0.327 e. The van der Waals surface area contributed by atoms with E-state index in [1.807, 2.05) is 18.7 Å². The molecule has 16 heavy (non-hydrogen) atoms. The maximum atomic E-state index is 6.19. The Kier molecular flexibility index (Phi) is 4.02. The first kappa shape index (κ1) is 13.5. The second kappa shape index (κ2) is 4.76. The first-order valence-corrected chi connectivity index (χ1v) is 6.02. The van der Waals surface area contributed by atoms with Crippen LogP contribution in [0.5, 0.6) is 0 Å². The van der Waals surface area contributed by atoms with Crippen LogP contribution in [0.3, 0.4) is 0 Å². The average molecular weight is 244 g/mol. The smallest absolute Gasteiger partial charge is 0.0847 e. The number of hydrogen-bond donors (Lipinski definition) is 1. The number of aromatic nitrogens is 2. The molecule has 0 aromatic carbocycles. The third-order valence-electron chi connectivity index (χ3n) is 2.59. The standard InChI is InChI=1S/C12H22ClN3/c1-8-11(13)10(16(5)15-8)6-9(14)7-12(2,3)4/h9H,6-7,14H2,1-5H3. The Morgan fingerprint density at radius 1 is 1.44 bits per heavy atom. The highest BCUT2D eigenvalue weighted by molar-refractivity contribution is 6.31. The molecule has 0 saturated carbocycles. The van der Waals surface area contributed by atoms with Crippen LogP contribution < -0.4 is 5.73 Å². The molecule has 1 rings (SSSR count). The number of aryl methyl sites for hydroxylation is 2. The molecule has 0 saturated heterocycles. The zero-order valence-corrected chi connectivity index (χ0v) is 11.6. The van der Waals surface area contributed by atoms with Crippen LogP contribution in [0.4, 0.5) is 0 Å². The van der Waals surface area contributed by atoms with Crippen LogP contribution in [0, 0.1) is 12.3 Å². The van der Waals surface area contributed by atoms with Crippen molar-refractivity contribution in [3.8, 4) is 0 Å². The lowest BCUT2D eigenvalue weighted by Gasteiger charge is -2.23. The van der Waals surface area contributed by atoms with Crippen molar-refractivity contribution in [2.24, 2.45) is 18.2 Å². The minimum atomic E-state index is 0.132. The van der Waals surface area contributed by atoms with Gasteiger partial charge in [-0.05, 0) is 18.8 Å². The zero-order valence-electron chi connectivity index (χ0n) is 10.8. The van der Waals surface area contributed by atoms with Gasteiger partial charge in [0, 0.05) is 19.5 Å². The van der Waals surface area contributed by atoms with Gasteiger partial charge in [0.1, 0.15) is 0 Å². The second-order valence-electron chi connectivity index (χ2n) is 5.70. The van der Waals surface area contributed by atoms with Gasteiger partial charge in [-0.1, -0.05) is 32.4 Å². The van der Waals surface area contributed by atoms with Crippen LogP contribution in [0.1, 0.15) is 38.6 Å². The summed E-state index contributed by atoms with van der Waals surface area (Å²) < 4.78 is 1.83. The molecule has 0 aliphatic carbocycles. The van der Waals surface area contributed by atoms with Crippen LogP contribution in [0.15, 0.2) is 0 Å². The molecule has 1 heterocycles. The molecule has 92 valence electrons. The lowest BCUT2D eigenvalue weighted by atomic mass is 9.87. The van der Waals surface area contributed by atoms with Crippen LogP contribution in [-0.2, 0) is 13.5 Å². The Balaban J connectivity index is 2.73.